The molecule has 0 bridgehead atoms. The summed E-state index contributed by atoms with van der Waals surface area (Å²) in [4.78, 5) is 16.9. The van der Waals surface area contributed by atoms with Crippen molar-refractivity contribution in [1.29, 1.82) is 0 Å². The summed E-state index contributed by atoms with van der Waals surface area (Å²) in [7, 11) is 0. The second kappa shape index (κ2) is 4.61. The first kappa shape index (κ1) is 12.3. The fraction of sp³-hybridized carbons (Fsp3) is 0. The molecule has 0 unspecified atom stereocenters. The SMILES string of the molecule is O=[N+]([O-])c1cnc(Cl)nc1-c1c(F)cccc1F. The molecule has 2 aromatic rings. The van der Waals surface area contributed by atoms with Crippen LogP contribution in [0.2, 0.25) is 5.28 Å². The molecule has 0 fully saturated rings. The van der Waals surface area contributed by atoms with Crippen LogP contribution in [0, 0.1) is 21.7 Å². The molecule has 0 aliphatic heterocycles. The van der Waals surface area contributed by atoms with Crippen LogP contribution in [0.1, 0.15) is 0 Å². The molecule has 1 aromatic carbocycles. The lowest BCUT2D eigenvalue weighted by atomic mass is 10.1. The Balaban J connectivity index is 2.77. The maximum atomic E-state index is 13.5. The predicted octanol–water partition coefficient (Wildman–Crippen LogP) is 2.98. The van der Waals surface area contributed by atoms with Gasteiger partial charge in [-0.3, -0.25) is 10.1 Å². The molecule has 0 radical (unpaired) electrons. The van der Waals surface area contributed by atoms with Crippen molar-refractivity contribution in [3.8, 4) is 11.3 Å². The Labute approximate surface area is 104 Å². The Hall–Kier alpha value is -2.15. The van der Waals surface area contributed by atoms with Gasteiger partial charge in [-0.05, 0) is 23.7 Å². The van der Waals surface area contributed by atoms with Crippen LogP contribution in [0.3, 0.4) is 0 Å². The van der Waals surface area contributed by atoms with Crippen LogP contribution in [0.5, 0.6) is 0 Å². The molecule has 0 aliphatic carbocycles. The van der Waals surface area contributed by atoms with Crippen molar-refractivity contribution < 1.29 is 13.7 Å². The largest absolute Gasteiger partial charge is 0.313 e. The zero-order chi connectivity index (χ0) is 13.3. The third-order valence-corrected chi connectivity index (χ3v) is 2.32. The summed E-state index contributed by atoms with van der Waals surface area (Å²) in [5.41, 5.74) is -1.72. The lowest BCUT2D eigenvalue weighted by molar-refractivity contribution is -0.384. The topological polar surface area (TPSA) is 68.9 Å². The van der Waals surface area contributed by atoms with Gasteiger partial charge in [0.2, 0.25) is 5.28 Å². The number of aromatic nitrogens is 2. The van der Waals surface area contributed by atoms with Crippen molar-refractivity contribution in [1.82, 2.24) is 9.97 Å². The smallest absolute Gasteiger partial charge is 0.258 e. The summed E-state index contributed by atoms with van der Waals surface area (Å²) in [5, 5.41) is 10.4. The normalized spacial score (nSPS) is 10.4. The lowest BCUT2D eigenvalue weighted by Crippen LogP contribution is -2.00. The van der Waals surface area contributed by atoms with E-state index in [-0.39, 0.29) is 5.28 Å². The van der Waals surface area contributed by atoms with Crippen molar-refractivity contribution >= 4 is 17.3 Å². The number of benzene rings is 1. The maximum absolute atomic E-state index is 13.5. The lowest BCUT2D eigenvalue weighted by Gasteiger charge is -2.04. The van der Waals surface area contributed by atoms with E-state index in [2.05, 4.69) is 9.97 Å². The number of rotatable bonds is 2. The third kappa shape index (κ3) is 2.12. The van der Waals surface area contributed by atoms with E-state index in [0.717, 1.165) is 24.4 Å². The molecule has 0 amide bonds. The molecular formula is C10H4ClF2N3O2. The van der Waals surface area contributed by atoms with Crippen molar-refractivity contribution in [3.63, 3.8) is 0 Å². The van der Waals surface area contributed by atoms with Gasteiger partial charge in [0.15, 0.2) is 5.69 Å². The summed E-state index contributed by atoms with van der Waals surface area (Å²) >= 11 is 5.49. The van der Waals surface area contributed by atoms with Crippen molar-refractivity contribution in [3.05, 3.63) is 51.4 Å². The monoisotopic (exact) mass is 271 g/mol. The van der Waals surface area contributed by atoms with Gasteiger partial charge in [-0.1, -0.05) is 6.07 Å². The highest BCUT2D eigenvalue weighted by Crippen LogP contribution is 2.31. The van der Waals surface area contributed by atoms with Crippen LogP contribution < -0.4 is 0 Å². The van der Waals surface area contributed by atoms with Gasteiger partial charge in [0, 0.05) is 0 Å². The minimum absolute atomic E-state index is 0.335. The molecule has 0 aliphatic rings. The van der Waals surface area contributed by atoms with E-state index in [1.807, 2.05) is 0 Å². The standard InChI is InChI=1S/C10H4ClF2N3O2/c11-10-14-4-7(16(17)18)9(15-10)8-5(12)2-1-3-6(8)13/h1-4H. The number of nitrogens with zero attached hydrogens (tertiary/aromatic N) is 3. The van der Waals surface area contributed by atoms with Gasteiger partial charge in [-0.25, -0.2) is 18.7 Å². The van der Waals surface area contributed by atoms with Gasteiger partial charge in [-0.2, -0.15) is 0 Å². The fourth-order valence-corrected chi connectivity index (χ4v) is 1.53. The van der Waals surface area contributed by atoms with E-state index in [0.29, 0.717) is 0 Å². The summed E-state index contributed by atoms with van der Waals surface area (Å²) in [6.07, 6.45) is 0.802. The summed E-state index contributed by atoms with van der Waals surface area (Å²) in [5.74, 6) is -1.93. The number of hydrogen-bond acceptors (Lipinski definition) is 4. The zero-order valence-corrected chi connectivity index (χ0v) is 9.36. The molecule has 1 aromatic heterocycles. The second-order valence-electron chi connectivity index (χ2n) is 3.23. The van der Waals surface area contributed by atoms with Crippen molar-refractivity contribution in [2.75, 3.05) is 0 Å². The molecule has 8 heteroatoms. The molecular weight excluding hydrogens is 268 g/mol. The highest BCUT2D eigenvalue weighted by molar-refractivity contribution is 6.28. The summed E-state index contributed by atoms with van der Waals surface area (Å²) in [6.45, 7) is 0. The van der Waals surface area contributed by atoms with Crippen LogP contribution >= 0.6 is 11.6 Å². The van der Waals surface area contributed by atoms with E-state index in [1.165, 1.54) is 0 Å². The number of nitro groups is 1. The minimum Gasteiger partial charge on any atom is -0.258 e. The van der Waals surface area contributed by atoms with Crippen LogP contribution in [-0.2, 0) is 0 Å². The van der Waals surface area contributed by atoms with E-state index >= 15 is 0 Å². The fourth-order valence-electron chi connectivity index (χ4n) is 1.40. The molecule has 0 atom stereocenters. The Morgan fingerprint density at radius 2 is 1.89 bits per heavy atom. The molecule has 0 N–H and O–H groups in total. The molecule has 2 rings (SSSR count). The van der Waals surface area contributed by atoms with E-state index in [4.69, 9.17) is 11.6 Å². The molecule has 0 spiro atoms. The molecule has 0 saturated heterocycles. The minimum atomic E-state index is -0.965. The molecule has 18 heavy (non-hydrogen) atoms. The number of hydrogen-bond donors (Lipinski definition) is 0. The molecule has 0 saturated carbocycles. The van der Waals surface area contributed by atoms with Crippen LogP contribution in [0.15, 0.2) is 24.4 Å². The van der Waals surface area contributed by atoms with Gasteiger partial charge >= 0.3 is 5.69 Å². The third-order valence-electron chi connectivity index (χ3n) is 2.14. The first-order valence-electron chi connectivity index (χ1n) is 4.62. The van der Waals surface area contributed by atoms with Gasteiger partial charge in [0.05, 0.1) is 10.5 Å². The Bertz CT molecular complexity index is 616. The Morgan fingerprint density at radius 1 is 1.28 bits per heavy atom. The van der Waals surface area contributed by atoms with Crippen LogP contribution in [0.25, 0.3) is 11.3 Å². The van der Waals surface area contributed by atoms with Crippen molar-refractivity contribution in [2.45, 2.75) is 0 Å². The van der Waals surface area contributed by atoms with Crippen molar-refractivity contribution in [2.24, 2.45) is 0 Å². The van der Waals surface area contributed by atoms with E-state index in [1.54, 1.807) is 0 Å². The average Bonchev–Trinajstić information content (AvgIpc) is 2.28. The maximum Gasteiger partial charge on any atom is 0.313 e. The summed E-state index contributed by atoms with van der Waals surface area (Å²) in [6, 6.07) is 3.08. The van der Waals surface area contributed by atoms with Gasteiger partial charge in [0.25, 0.3) is 0 Å². The first-order chi connectivity index (χ1) is 8.50. The number of halogens is 3. The Morgan fingerprint density at radius 3 is 2.44 bits per heavy atom. The second-order valence-corrected chi connectivity index (χ2v) is 3.56. The van der Waals surface area contributed by atoms with Crippen LogP contribution in [-0.4, -0.2) is 14.9 Å². The predicted molar refractivity (Wildman–Crippen MR) is 59.0 cm³/mol. The average molecular weight is 272 g/mol. The summed E-state index contributed by atoms with van der Waals surface area (Å²) < 4.78 is 27.1. The van der Waals surface area contributed by atoms with Gasteiger partial charge in [-0.15, -0.1) is 0 Å². The van der Waals surface area contributed by atoms with E-state index in [9.17, 15) is 18.9 Å². The van der Waals surface area contributed by atoms with E-state index < -0.39 is 33.5 Å². The highest BCUT2D eigenvalue weighted by Gasteiger charge is 2.24. The molecule has 92 valence electrons. The molecule has 1 heterocycles. The quantitative estimate of drug-likeness (QED) is 0.478. The van der Waals surface area contributed by atoms with Gasteiger partial charge in [0.1, 0.15) is 17.8 Å². The van der Waals surface area contributed by atoms with Crippen LogP contribution in [0.4, 0.5) is 14.5 Å². The highest BCUT2D eigenvalue weighted by atomic mass is 35.5. The molecule has 5 nitrogen and oxygen atoms in total. The zero-order valence-electron chi connectivity index (χ0n) is 8.60. The first-order valence-corrected chi connectivity index (χ1v) is 5.00. The van der Waals surface area contributed by atoms with Gasteiger partial charge < -0.3 is 0 Å². The Kier molecular flexibility index (Phi) is 3.15.